The molecule has 1 N–H and O–H groups in total. The molecule has 4 rings (SSSR count). The molecule has 122 valence electrons. The number of pyridine rings is 1. The van der Waals surface area contributed by atoms with Crippen molar-refractivity contribution in [3.8, 4) is 0 Å². The fourth-order valence-electron chi connectivity index (χ4n) is 3.03. The smallest absolute Gasteiger partial charge is 0.321 e. The zero-order chi connectivity index (χ0) is 15.5. The third kappa shape index (κ3) is 3.63. The van der Waals surface area contributed by atoms with E-state index >= 15 is 0 Å². The molecule has 0 spiro atoms. The molecule has 1 aliphatic heterocycles. The molecule has 1 saturated heterocycles. The van der Waals surface area contributed by atoms with Crippen LogP contribution in [0.1, 0.15) is 55.8 Å². The van der Waals surface area contributed by atoms with E-state index in [4.69, 9.17) is 4.52 Å². The highest BCUT2D eigenvalue weighted by molar-refractivity contribution is 5.42. The van der Waals surface area contributed by atoms with Crippen molar-refractivity contribution in [1.82, 2.24) is 15.1 Å². The van der Waals surface area contributed by atoms with Crippen molar-refractivity contribution >= 4 is 11.8 Å². The van der Waals surface area contributed by atoms with Gasteiger partial charge in [0.2, 0.25) is 0 Å². The first-order valence-corrected chi connectivity index (χ1v) is 8.66. The maximum Gasteiger partial charge on any atom is 0.321 e. The number of nitrogens with zero attached hydrogens (tertiary/aromatic N) is 4. The van der Waals surface area contributed by atoms with Gasteiger partial charge in [-0.3, -0.25) is 0 Å². The third-order valence-electron chi connectivity index (χ3n) is 4.57. The first kappa shape index (κ1) is 14.5. The molecule has 0 radical (unpaired) electrons. The van der Waals surface area contributed by atoms with Gasteiger partial charge in [-0.25, -0.2) is 4.98 Å². The molecular weight excluding hydrogens is 290 g/mol. The summed E-state index contributed by atoms with van der Waals surface area (Å²) in [4.78, 5) is 11.3. The van der Waals surface area contributed by atoms with Gasteiger partial charge in [-0.15, -0.1) is 0 Å². The monoisotopic (exact) mass is 313 g/mol. The molecule has 2 aromatic rings. The minimum atomic E-state index is 0.514. The van der Waals surface area contributed by atoms with Gasteiger partial charge >= 0.3 is 6.01 Å². The van der Waals surface area contributed by atoms with Crippen LogP contribution in [0.2, 0.25) is 0 Å². The van der Waals surface area contributed by atoms with Crippen LogP contribution in [-0.4, -0.2) is 28.2 Å². The van der Waals surface area contributed by atoms with Crippen LogP contribution in [0.3, 0.4) is 0 Å². The van der Waals surface area contributed by atoms with Crippen molar-refractivity contribution in [2.24, 2.45) is 0 Å². The molecule has 0 atom stereocenters. The zero-order valence-electron chi connectivity index (χ0n) is 13.4. The molecule has 3 heterocycles. The largest absolute Gasteiger partial charge is 0.357 e. The van der Waals surface area contributed by atoms with Gasteiger partial charge in [-0.1, -0.05) is 18.0 Å². The van der Waals surface area contributed by atoms with Gasteiger partial charge in [-0.2, -0.15) is 4.98 Å². The number of aromatic nitrogens is 3. The topological polar surface area (TPSA) is 67.1 Å². The molecule has 0 unspecified atom stereocenters. The lowest BCUT2D eigenvalue weighted by atomic mass is 10.2. The second-order valence-electron chi connectivity index (χ2n) is 6.51. The van der Waals surface area contributed by atoms with Gasteiger partial charge in [0.15, 0.2) is 5.82 Å². The van der Waals surface area contributed by atoms with Gasteiger partial charge in [0, 0.05) is 31.7 Å². The Labute approximate surface area is 136 Å². The number of nitrogens with one attached hydrogen (secondary N) is 1. The summed E-state index contributed by atoms with van der Waals surface area (Å²) >= 11 is 0. The van der Waals surface area contributed by atoms with Crippen LogP contribution >= 0.6 is 0 Å². The minimum Gasteiger partial charge on any atom is -0.357 e. The average molecular weight is 313 g/mol. The molecule has 2 fully saturated rings. The lowest BCUT2D eigenvalue weighted by Gasteiger charge is -2.21. The molecule has 0 bridgehead atoms. The Morgan fingerprint density at radius 2 is 2.00 bits per heavy atom. The second kappa shape index (κ2) is 6.56. The highest BCUT2D eigenvalue weighted by atomic mass is 16.5. The van der Waals surface area contributed by atoms with Crippen molar-refractivity contribution in [3.05, 3.63) is 29.7 Å². The summed E-state index contributed by atoms with van der Waals surface area (Å²) in [6.07, 6.45) is 9.44. The van der Waals surface area contributed by atoms with Crippen LogP contribution in [0.4, 0.5) is 11.8 Å². The van der Waals surface area contributed by atoms with Gasteiger partial charge in [-0.05, 0) is 43.4 Å². The SMILES string of the molecule is c1cc(CNc2nc(C3CC3)no2)cc(N2CCCCCC2)n1. The Balaban J connectivity index is 1.39. The molecular formula is C17H23N5O. The molecule has 1 saturated carbocycles. The van der Waals surface area contributed by atoms with Gasteiger partial charge in [0.25, 0.3) is 0 Å². The van der Waals surface area contributed by atoms with Crippen molar-refractivity contribution in [3.63, 3.8) is 0 Å². The van der Waals surface area contributed by atoms with E-state index in [1.54, 1.807) is 0 Å². The van der Waals surface area contributed by atoms with E-state index in [0.29, 0.717) is 18.5 Å². The summed E-state index contributed by atoms with van der Waals surface area (Å²) in [5, 5.41) is 7.24. The van der Waals surface area contributed by atoms with E-state index in [1.807, 2.05) is 12.3 Å². The van der Waals surface area contributed by atoms with Crippen molar-refractivity contribution < 1.29 is 4.52 Å². The fourth-order valence-corrected chi connectivity index (χ4v) is 3.03. The Kier molecular flexibility index (Phi) is 4.13. The lowest BCUT2D eigenvalue weighted by molar-refractivity contribution is 0.422. The molecule has 1 aliphatic carbocycles. The van der Waals surface area contributed by atoms with Crippen molar-refractivity contribution in [2.45, 2.75) is 51.0 Å². The summed E-state index contributed by atoms with van der Waals surface area (Å²) in [6, 6.07) is 4.71. The summed E-state index contributed by atoms with van der Waals surface area (Å²) in [5.74, 6) is 2.44. The lowest BCUT2D eigenvalue weighted by Crippen LogP contribution is -2.25. The van der Waals surface area contributed by atoms with Crippen LogP contribution in [0.5, 0.6) is 0 Å². The molecule has 0 amide bonds. The number of hydrogen-bond donors (Lipinski definition) is 1. The predicted octanol–water partition coefficient (Wildman–Crippen LogP) is 3.33. The quantitative estimate of drug-likeness (QED) is 0.913. The number of anilines is 2. The summed E-state index contributed by atoms with van der Waals surface area (Å²) in [7, 11) is 0. The maximum atomic E-state index is 5.25. The molecule has 2 aromatic heterocycles. The van der Waals surface area contributed by atoms with Crippen molar-refractivity contribution in [1.29, 1.82) is 0 Å². The van der Waals surface area contributed by atoms with Crippen LogP contribution in [0, 0.1) is 0 Å². The average Bonchev–Trinajstić information content (AvgIpc) is 3.38. The zero-order valence-corrected chi connectivity index (χ0v) is 13.4. The van der Waals surface area contributed by atoms with E-state index in [-0.39, 0.29) is 0 Å². The fraction of sp³-hybridized carbons (Fsp3) is 0.588. The van der Waals surface area contributed by atoms with Crippen LogP contribution in [0.15, 0.2) is 22.9 Å². The van der Waals surface area contributed by atoms with Gasteiger partial charge in [0.05, 0.1) is 0 Å². The van der Waals surface area contributed by atoms with Crippen molar-refractivity contribution in [2.75, 3.05) is 23.3 Å². The highest BCUT2D eigenvalue weighted by Crippen LogP contribution is 2.38. The Morgan fingerprint density at radius 1 is 1.17 bits per heavy atom. The van der Waals surface area contributed by atoms with E-state index in [0.717, 1.165) is 24.7 Å². The number of rotatable bonds is 5. The highest BCUT2D eigenvalue weighted by Gasteiger charge is 2.28. The van der Waals surface area contributed by atoms with Crippen LogP contribution in [0.25, 0.3) is 0 Å². The maximum absolute atomic E-state index is 5.25. The first-order chi connectivity index (χ1) is 11.4. The predicted molar refractivity (Wildman–Crippen MR) is 88.5 cm³/mol. The van der Waals surface area contributed by atoms with Gasteiger partial charge in [0.1, 0.15) is 5.82 Å². The molecule has 0 aromatic carbocycles. The summed E-state index contributed by atoms with van der Waals surface area (Å²) < 4.78 is 5.25. The van der Waals surface area contributed by atoms with E-state index in [9.17, 15) is 0 Å². The number of hydrogen-bond acceptors (Lipinski definition) is 6. The summed E-state index contributed by atoms with van der Waals surface area (Å²) in [5.41, 5.74) is 1.19. The first-order valence-electron chi connectivity index (χ1n) is 8.66. The Bertz CT molecular complexity index is 644. The normalized spacial score (nSPS) is 18.7. The Morgan fingerprint density at radius 3 is 2.78 bits per heavy atom. The molecule has 23 heavy (non-hydrogen) atoms. The van der Waals surface area contributed by atoms with Crippen LogP contribution in [-0.2, 0) is 6.54 Å². The second-order valence-corrected chi connectivity index (χ2v) is 6.51. The standard InChI is InChI=1S/C17H23N5O/c1-2-4-10-22(9-3-1)15-11-13(7-8-18-15)12-19-17-20-16(21-23-17)14-5-6-14/h7-8,11,14H,1-6,9-10,12H2,(H,19,20,21). The Hall–Kier alpha value is -2.11. The molecule has 6 heteroatoms. The van der Waals surface area contributed by atoms with Gasteiger partial charge < -0.3 is 14.7 Å². The van der Waals surface area contributed by atoms with E-state index in [1.165, 1.54) is 44.1 Å². The minimum absolute atomic E-state index is 0.514. The van der Waals surface area contributed by atoms with E-state index < -0.39 is 0 Å². The summed E-state index contributed by atoms with van der Waals surface area (Å²) in [6.45, 7) is 2.90. The van der Waals surface area contributed by atoms with E-state index in [2.05, 4.69) is 31.4 Å². The molecule has 2 aliphatic rings. The van der Waals surface area contributed by atoms with Crippen LogP contribution < -0.4 is 10.2 Å². The third-order valence-corrected chi connectivity index (χ3v) is 4.57. The molecule has 6 nitrogen and oxygen atoms in total.